The molecule has 8 heteroatoms. The number of amides is 1. The highest BCUT2D eigenvalue weighted by molar-refractivity contribution is 5.78. The molecule has 1 amide bonds. The Bertz CT molecular complexity index is 1150. The van der Waals surface area contributed by atoms with Gasteiger partial charge in [-0.05, 0) is 53.9 Å². The first-order chi connectivity index (χ1) is 15.9. The van der Waals surface area contributed by atoms with E-state index < -0.39 is 0 Å². The summed E-state index contributed by atoms with van der Waals surface area (Å²) in [5.74, 6) is 1.09. The fourth-order valence-electron chi connectivity index (χ4n) is 3.71. The molecule has 0 aliphatic carbocycles. The molecule has 0 bridgehead atoms. The number of hydrogen-bond acceptors (Lipinski definition) is 5. The summed E-state index contributed by atoms with van der Waals surface area (Å²) in [7, 11) is 0. The molecule has 0 N–H and O–H groups in total. The Kier molecular flexibility index (Phi) is 6.72. The van der Waals surface area contributed by atoms with Crippen LogP contribution in [0.3, 0.4) is 0 Å². The Morgan fingerprint density at radius 1 is 0.970 bits per heavy atom. The largest absolute Gasteiger partial charge is 0.484 e. The van der Waals surface area contributed by atoms with Crippen LogP contribution in [0.25, 0.3) is 5.69 Å². The average Bonchev–Trinajstić information content (AvgIpc) is 2.84. The molecule has 172 valence electrons. The summed E-state index contributed by atoms with van der Waals surface area (Å²) in [5, 5.41) is 4.57. The minimum atomic E-state index is -0.350. The van der Waals surface area contributed by atoms with Gasteiger partial charge in [0.15, 0.2) is 6.61 Å². The summed E-state index contributed by atoms with van der Waals surface area (Å²) in [6.45, 7) is 6.39. The molecule has 1 aromatic heterocycles. The minimum absolute atomic E-state index is 0.0961. The van der Waals surface area contributed by atoms with Crippen molar-refractivity contribution < 1.29 is 13.9 Å². The molecule has 3 aromatic rings. The lowest BCUT2D eigenvalue weighted by Gasteiger charge is -2.35. The van der Waals surface area contributed by atoms with Crippen molar-refractivity contribution in [3.8, 4) is 11.4 Å². The number of aromatic nitrogens is 2. The number of hydrogen-bond donors (Lipinski definition) is 0. The van der Waals surface area contributed by atoms with Gasteiger partial charge in [-0.25, -0.2) is 4.39 Å². The summed E-state index contributed by atoms with van der Waals surface area (Å²) in [6.07, 6.45) is 0. The Balaban J connectivity index is 1.37. The molecule has 0 unspecified atom stereocenters. The topological polar surface area (TPSA) is 67.7 Å². The van der Waals surface area contributed by atoms with Crippen LogP contribution in [-0.2, 0) is 4.79 Å². The van der Waals surface area contributed by atoms with Crippen LogP contribution >= 0.6 is 0 Å². The van der Waals surface area contributed by atoms with Crippen molar-refractivity contribution in [3.63, 3.8) is 0 Å². The second-order valence-corrected chi connectivity index (χ2v) is 8.30. The summed E-state index contributed by atoms with van der Waals surface area (Å²) >= 11 is 0. The normalized spacial score (nSPS) is 13.9. The lowest BCUT2D eigenvalue weighted by molar-refractivity contribution is -0.133. The number of nitrogens with zero attached hydrogens (tertiary/aromatic N) is 4. The van der Waals surface area contributed by atoms with Crippen LogP contribution in [0, 0.1) is 5.82 Å². The number of anilines is 1. The van der Waals surface area contributed by atoms with Crippen molar-refractivity contribution in [1.29, 1.82) is 0 Å². The second kappa shape index (κ2) is 9.85. The summed E-state index contributed by atoms with van der Waals surface area (Å²) in [4.78, 5) is 28.7. The smallest absolute Gasteiger partial charge is 0.271 e. The molecule has 1 aliphatic heterocycles. The Morgan fingerprint density at radius 2 is 1.64 bits per heavy atom. The van der Waals surface area contributed by atoms with E-state index in [0.717, 1.165) is 5.69 Å². The predicted molar refractivity (Wildman–Crippen MR) is 125 cm³/mol. The standard InChI is InChI=1S/C25H27FN4O3/c1-18(2)19-3-7-21(8-4-19)30-24(31)12-11-23(27-30)28-13-15-29(16-14-28)25(32)17-33-22-9-5-20(26)6-10-22/h3-12,18H,13-17H2,1-2H3. The average molecular weight is 451 g/mol. The third-order valence-electron chi connectivity index (χ3n) is 5.72. The third kappa shape index (κ3) is 5.39. The van der Waals surface area contributed by atoms with Gasteiger partial charge in [0.1, 0.15) is 17.4 Å². The Morgan fingerprint density at radius 3 is 2.27 bits per heavy atom. The van der Waals surface area contributed by atoms with E-state index in [2.05, 4.69) is 23.8 Å². The second-order valence-electron chi connectivity index (χ2n) is 8.30. The maximum atomic E-state index is 13.0. The lowest BCUT2D eigenvalue weighted by atomic mass is 10.0. The highest BCUT2D eigenvalue weighted by Gasteiger charge is 2.23. The van der Waals surface area contributed by atoms with E-state index in [1.807, 2.05) is 24.3 Å². The van der Waals surface area contributed by atoms with Gasteiger partial charge in [-0.1, -0.05) is 26.0 Å². The van der Waals surface area contributed by atoms with Gasteiger partial charge in [-0.15, -0.1) is 5.10 Å². The van der Waals surface area contributed by atoms with Gasteiger partial charge in [-0.3, -0.25) is 9.59 Å². The SMILES string of the molecule is CC(C)c1ccc(-n2nc(N3CCN(C(=O)COc4ccc(F)cc4)CC3)ccc2=O)cc1. The number of carbonyl (C=O) groups is 1. The molecule has 0 saturated carbocycles. The van der Waals surface area contributed by atoms with Crippen molar-refractivity contribution in [2.45, 2.75) is 19.8 Å². The van der Waals surface area contributed by atoms with Crippen LogP contribution in [0.4, 0.5) is 10.2 Å². The molecular weight excluding hydrogens is 423 g/mol. The Labute approximate surface area is 192 Å². The van der Waals surface area contributed by atoms with Crippen molar-refractivity contribution in [2.24, 2.45) is 0 Å². The molecule has 1 fully saturated rings. The van der Waals surface area contributed by atoms with Crippen molar-refractivity contribution in [3.05, 3.63) is 82.4 Å². The maximum Gasteiger partial charge on any atom is 0.271 e. The Hall–Kier alpha value is -3.68. The number of benzene rings is 2. The number of carbonyl (C=O) groups excluding carboxylic acids is 1. The van der Waals surface area contributed by atoms with Gasteiger partial charge >= 0.3 is 0 Å². The fourth-order valence-corrected chi connectivity index (χ4v) is 3.71. The van der Waals surface area contributed by atoms with E-state index in [0.29, 0.717) is 43.7 Å². The molecule has 2 aromatic carbocycles. The van der Waals surface area contributed by atoms with Crippen LogP contribution in [0.2, 0.25) is 0 Å². The first kappa shape index (κ1) is 22.5. The van der Waals surface area contributed by atoms with Crippen molar-refractivity contribution in [2.75, 3.05) is 37.7 Å². The number of piperazine rings is 1. The first-order valence-corrected chi connectivity index (χ1v) is 11.0. The predicted octanol–water partition coefficient (Wildman–Crippen LogP) is 3.22. The van der Waals surface area contributed by atoms with Gasteiger partial charge in [0, 0.05) is 32.2 Å². The zero-order valence-electron chi connectivity index (χ0n) is 18.8. The number of halogens is 1. The van der Waals surface area contributed by atoms with Crippen molar-refractivity contribution in [1.82, 2.24) is 14.7 Å². The zero-order valence-corrected chi connectivity index (χ0v) is 18.8. The maximum absolute atomic E-state index is 13.0. The molecule has 1 saturated heterocycles. The number of rotatable bonds is 6. The highest BCUT2D eigenvalue weighted by Crippen LogP contribution is 2.18. The van der Waals surface area contributed by atoms with E-state index in [1.165, 1.54) is 40.6 Å². The molecule has 7 nitrogen and oxygen atoms in total. The van der Waals surface area contributed by atoms with Gasteiger partial charge in [0.2, 0.25) is 0 Å². The minimum Gasteiger partial charge on any atom is -0.484 e. The molecule has 0 spiro atoms. The van der Waals surface area contributed by atoms with Crippen LogP contribution < -0.4 is 15.2 Å². The van der Waals surface area contributed by atoms with E-state index in [1.54, 1.807) is 11.0 Å². The highest BCUT2D eigenvalue weighted by atomic mass is 19.1. The van der Waals surface area contributed by atoms with E-state index in [-0.39, 0.29) is 23.9 Å². The van der Waals surface area contributed by atoms with Crippen molar-refractivity contribution >= 4 is 11.7 Å². The van der Waals surface area contributed by atoms with E-state index in [4.69, 9.17) is 4.74 Å². The number of ether oxygens (including phenoxy) is 1. The first-order valence-electron chi connectivity index (χ1n) is 11.0. The van der Waals surface area contributed by atoms with E-state index >= 15 is 0 Å². The lowest BCUT2D eigenvalue weighted by Crippen LogP contribution is -2.50. The quantitative estimate of drug-likeness (QED) is 0.577. The zero-order chi connectivity index (χ0) is 23.4. The summed E-state index contributed by atoms with van der Waals surface area (Å²) in [6, 6.07) is 16.7. The molecule has 0 atom stereocenters. The molecular formula is C25H27FN4O3. The molecule has 4 rings (SSSR count). The molecule has 0 radical (unpaired) electrons. The van der Waals surface area contributed by atoms with Gasteiger partial charge < -0.3 is 14.5 Å². The van der Waals surface area contributed by atoms with Gasteiger partial charge in [0.05, 0.1) is 5.69 Å². The summed E-state index contributed by atoms with van der Waals surface area (Å²) < 4.78 is 19.9. The molecule has 2 heterocycles. The van der Waals surface area contributed by atoms with E-state index in [9.17, 15) is 14.0 Å². The van der Waals surface area contributed by atoms with Crippen LogP contribution in [-0.4, -0.2) is 53.4 Å². The summed E-state index contributed by atoms with van der Waals surface area (Å²) in [5.41, 5.74) is 1.73. The molecule has 33 heavy (non-hydrogen) atoms. The monoisotopic (exact) mass is 450 g/mol. The van der Waals surface area contributed by atoms with Crippen LogP contribution in [0.15, 0.2) is 65.5 Å². The van der Waals surface area contributed by atoms with Crippen LogP contribution in [0.1, 0.15) is 25.3 Å². The van der Waals surface area contributed by atoms with Gasteiger partial charge in [-0.2, -0.15) is 4.68 Å². The van der Waals surface area contributed by atoms with Crippen LogP contribution in [0.5, 0.6) is 5.75 Å². The third-order valence-corrected chi connectivity index (χ3v) is 5.72. The fraction of sp³-hybridized carbons (Fsp3) is 0.320. The molecule has 1 aliphatic rings. The van der Waals surface area contributed by atoms with Gasteiger partial charge in [0.25, 0.3) is 11.5 Å².